The van der Waals surface area contributed by atoms with Crippen LogP contribution in [0, 0.1) is 0 Å². The van der Waals surface area contributed by atoms with Crippen LogP contribution in [0.4, 0.5) is 0 Å². The predicted molar refractivity (Wildman–Crippen MR) is 115 cm³/mol. The largest absolute Gasteiger partial charge is 0.355 e. The summed E-state index contributed by atoms with van der Waals surface area (Å²) in [5.41, 5.74) is 1.23. The molecule has 1 aromatic rings. The maximum Gasteiger partial charge on any atom is 0.243 e. The summed E-state index contributed by atoms with van der Waals surface area (Å²) in [4.78, 5) is 17.6. The molecule has 1 aromatic carbocycles. The zero-order valence-corrected chi connectivity index (χ0v) is 17.8. The average Bonchev–Trinajstić information content (AvgIpc) is 3.35. The molecule has 1 amide bonds. The molecule has 5 nitrogen and oxygen atoms in total. The molecule has 0 bridgehead atoms. The van der Waals surface area contributed by atoms with E-state index in [0.29, 0.717) is 12.5 Å². The number of halogens is 2. The molecular formula is C18H26ClIN4O. The fourth-order valence-electron chi connectivity index (χ4n) is 2.47. The van der Waals surface area contributed by atoms with Gasteiger partial charge >= 0.3 is 0 Å². The van der Waals surface area contributed by atoms with Gasteiger partial charge < -0.3 is 15.5 Å². The van der Waals surface area contributed by atoms with E-state index in [9.17, 15) is 4.79 Å². The van der Waals surface area contributed by atoms with Crippen molar-refractivity contribution in [3.8, 4) is 0 Å². The number of aliphatic imine (C=N–C) groups is 1. The van der Waals surface area contributed by atoms with Gasteiger partial charge in [-0.05, 0) is 24.5 Å². The quantitative estimate of drug-likeness (QED) is 0.275. The number of rotatable bonds is 7. The molecule has 1 aliphatic rings. The van der Waals surface area contributed by atoms with Crippen molar-refractivity contribution >= 4 is 47.4 Å². The number of guanidine groups is 1. The van der Waals surface area contributed by atoms with Gasteiger partial charge in [0.25, 0.3) is 0 Å². The zero-order chi connectivity index (χ0) is 17.6. The SMILES string of the molecule is C=CCNC(=NCC(=O)N(C)C)NCC1(c2ccccc2Cl)CC1.I. The lowest BCUT2D eigenvalue weighted by Crippen LogP contribution is -2.42. The molecule has 2 rings (SSSR count). The fraction of sp³-hybridized carbons (Fsp3) is 0.444. The lowest BCUT2D eigenvalue weighted by molar-refractivity contribution is -0.127. The summed E-state index contributed by atoms with van der Waals surface area (Å²) in [6.45, 7) is 5.12. The fourth-order valence-corrected chi connectivity index (χ4v) is 2.80. The first kappa shape index (κ1) is 21.8. The Bertz CT molecular complexity index is 629. The number of nitrogens with zero attached hydrogens (tertiary/aromatic N) is 2. The molecule has 0 aliphatic heterocycles. The van der Waals surface area contributed by atoms with Crippen LogP contribution in [-0.4, -0.2) is 50.5 Å². The second-order valence-electron chi connectivity index (χ2n) is 6.24. The van der Waals surface area contributed by atoms with Crippen molar-refractivity contribution in [2.24, 2.45) is 4.99 Å². The third-order valence-electron chi connectivity index (χ3n) is 4.18. The van der Waals surface area contributed by atoms with E-state index in [4.69, 9.17) is 11.6 Å². The molecule has 0 unspecified atom stereocenters. The smallest absolute Gasteiger partial charge is 0.243 e. The zero-order valence-electron chi connectivity index (χ0n) is 14.7. The predicted octanol–water partition coefficient (Wildman–Crippen LogP) is 2.80. The number of carbonyl (C=O) groups is 1. The first-order valence-electron chi connectivity index (χ1n) is 8.07. The highest BCUT2D eigenvalue weighted by atomic mass is 127. The Morgan fingerprint density at radius 3 is 2.60 bits per heavy atom. The van der Waals surface area contributed by atoms with Crippen LogP contribution in [0.2, 0.25) is 5.02 Å². The van der Waals surface area contributed by atoms with Crippen molar-refractivity contribution in [1.29, 1.82) is 0 Å². The minimum absolute atomic E-state index is 0. The molecule has 2 N–H and O–H groups in total. The van der Waals surface area contributed by atoms with Crippen LogP contribution in [0.15, 0.2) is 41.9 Å². The molecule has 0 atom stereocenters. The van der Waals surface area contributed by atoms with E-state index in [-0.39, 0.29) is 41.8 Å². The number of hydrogen-bond acceptors (Lipinski definition) is 2. The average molecular weight is 477 g/mol. The summed E-state index contributed by atoms with van der Waals surface area (Å²) < 4.78 is 0. The molecule has 1 fully saturated rings. The Kier molecular flexibility index (Phi) is 8.71. The second kappa shape index (κ2) is 10.0. The highest BCUT2D eigenvalue weighted by Gasteiger charge is 2.45. The molecule has 0 radical (unpaired) electrons. The van der Waals surface area contributed by atoms with E-state index in [1.807, 2.05) is 18.2 Å². The molecule has 1 aliphatic carbocycles. The number of amides is 1. The Hall–Kier alpha value is -1.28. The normalized spacial score (nSPS) is 14.9. The number of nitrogens with one attached hydrogen (secondary N) is 2. The lowest BCUT2D eigenvalue weighted by Gasteiger charge is -2.20. The van der Waals surface area contributed by atoms with E-state index in [0.717, 1.165) is 24.4 Å². The van der Waals surface area contributed by atoms with Gasteiger partial charge in [0.2, 0.25) is 5.91 Å². The van der Waals surface area contributed by atoms with Crippen molar-refractivity contribution in [3.05, 3.63) is 47.5 Å². The maximum atomic E-state index is 11.7. The van der Waals surface area contributed by atoms with Crippen molar-refractivity contribution in [1.82, 2.24) is 15.5 Å². The van der Waals surface area contributed by atoms with Crippen molar-refractivity contribution < 1.29 is 4.79 Å². The molecule has 0 heterocycles. The molecule has 1 saturated carbocycles. The third-order valence-corrected chi connectivity index (χ3v) is 4.51. The molecule has 0 saturated heterocycles. The summed E-state index contributed by atoms with van der Waals surface area (Å²) in [5.74, 6) is 0.574. The Balaban J connectivity index is 0.00000312. The second-order valence-corrected chi connectivity index (χ2v) is 6.64. The van der Waals surface area contributed by atoms with E-state index >= 15 is 0 Å². The van der Waals surface area contributed by atoms with Gasteiger partial charge in [-0.1, -0.05) is 35.9 Å². The Labute approximate surface area is 171 Å². The summed E-state index contributed by atoms with van der Waals surface area (Å²) >= 11 is 6.35. The summed E-state index contributed by atoms with van der Waals surface area (Å²) in [5, 5.41) is 7.29. The van der Waals surface area contributed by atoms with E-state index in [1.54, 1.807) is 20.2 Å². The molecular weight excluding hydrogens is 451 g/mol. The summed E-state index contributed by atoms with van der Waals surface area (Å²) in [6.07, 6.45) is 3.94. The van der Waals surface area contributed by atoms with E-state index in [1.165, 1.54) is 10.5 Å². The van der Waals surface area contributed by atoms with Crippen molar-refractivity contribution in [2.45, 2.75) is 18.3 Å². The topological polar surface area (TPSA) is 56.7 Å². The minimum Gasteiger partial charge on any atom is -0.355 e. The summed E-state index contributed by atoms with van der Waals surface area (Å²) in [6, 6.07) is 7.97. The third kappa shape index (κ3) is 6.18. The monoisotopic (exact) mass is 476 g/mol. The molecule has 0 aromatic heterocycles. The Morgan fingerprint density at radius 1 is 1.36 bits per heavy atom. The molecule has 7 heteroatoms. The van der Waals surface area contributed by atoms with Gasteiger partial charge in [-0.25, -0.2) is 4.99 Å². The standard InChI is InChI=1S/C18H25ClN4O.HI/c1-4-11-20-17(21-12-16(24)23(2)3)22-13-18(9-10-18)14-7-5-6-8-15(14)19;/h4-8H,1,9-13H2,2-3H3,(H2,20,21,22);1H. The van der Waals surface area contributed by atoms with Crippen LogP contribution in [0.25, 0.3) is 0 Å². The van der Waals surface area contributed by atoms with E-state index in [2.05, 4.69) is 28.3 Å². The van der Waals surface area contributed by atoms with Gasteiger partial charge in [0.15, 0.2) is 5.96 Å². The van der Waals surface area contributed by atoms with Gasteiger partial charge in [0, 0.05) is 37.6 Å². The Morgan fingerprint density at radius 2 is 2.04 bits per heavy atom. The van der Waals surface area contributed by atoms with E-state index < -0.39 is 0 Å². The number of likely N-dealkylation sites (N-methyl/N-ethyl adjacent to an activating group) is 1. The highest BCUT2D eigenvalue weighted by Crippen LogP contribution is 2.49. The van der Waals surface area contributed by atoms with Crippen LogP contribution < -0.4 is 10.6 Å². The maximum absolute atomic E-state index is 11.7. The van der Waals surface area contributed by atoms with Crippen LogP contribution in [-0.2, 0) is 10.2 Å². The van der Waals surface area contributed by atoms with Crippen molar-refractivity contribution in [3.63, 3.8) is 0 Å². The van der Waals surface area contributed by atoms with Gasteiger partial charge in [-0.15, -0.1) is 30.6 Å². The van der Waals surface area contributed by atoms with Crippen LogP contribution in [0.3, 0.4) is 0 Å². The van der Waals surface area contributed by atoms with Crippen LogP contribution in [0.1, 0.15) is 18.4 Å². The van der Waals surface area contributed by atoms with Crippen LogP contribution >= 0.6 is 35.6 Å². The lowest BCUT2D eigenvalue weighted by atomic mass is 9.96. The molecule has 138 valence electrons. The number of carbonyl (C=O) groups excluding carboxylic acids is 1. The highest BCUT2D eigenvalue weighted by molar-refractivity contribution is 14.0. The first-order valence-corrected chi connectivity index (χ1v) is 8.44. The molecule has 25 heavy (non-hydrogen) atoms. The number of hydrogen-bond donors (Lipinski definition) is 2. The van der Waals surface area contributed by atoms with Crippen molar-refractivity contribution in [2.75, 3.05) is 33.7 Å². The van der Waals surface area contributed by atoms with Crippen LogP contribution in [0.5, 0.6) is 0 Å². The van der Waals surface area contributed by atoms with Gasteiger partial charge in [-0.3, -0.25) is 4.79 Å². The first-order chi connectivity index (χ1) is 11.5. The van der Waals surface area contributed by atoms with Gasteiger partial charge in [-0.2, -0.15) is 0 Å². The van der Waals surface area contributed by atoms with Gasteiger partial charge in [0.1, 0.15) is 6.54 Å². The van der Waals surface area contributed by atoms with Gasteiger partial charge in [0.05, 0.1) is 0 Å². The number of benzene rings is 1. The minimum atomic E-state index is -0.0399. The molecule has 0 spiro atoms. The summed E-state index contributed by atoms with van der Waals surface area (Å²) in [7, 11) is 3.44.